The minimum absolute atomic E-state index is 0.461. The maximum absolute atomic E-state index is 4.36. The first kappa shape index (κ1) is 14.7. The molecule has 1 aliphatic carbocycles. The number of anilines is 1. The zero-order valence-electron chi connectivity index (χ0n) is 12.5. The van der Waals surface area contributed by atoms with Crippen LogP contribution in [0.2, 0.25) is 0 Å². The van der Waals surface area contributed by atoms with E-state index in [1.165, 1.54) is 29.4 Å². The number of hydrogen-bond acceptors (Lipinski definition) is 2. The van der Waals surface area contributed by atoms with Crippen molar-refractivity contribution in [3.8, 4) is 0 Å². The van der Waals surface area contributed by atoms with Gasteiger partial charge in [-0.25, -0.2) is 0 Å². The van der Waals surface area contributed by atoms with Gasteiger partial charge in [0, 0.05) is 36.7 Å². The van der Waals surface area contributed by atoms with Crippen LogP contribution in [0.15, 0.2) is 33.7 Å². The fourth-order valence-electron chi connectivity index (χ4n) is 2.92. The first-order chi connectivity index (χ1) is 10.3. The monoisotopic (exact) mass is 350 g/mol. The van der Waals surface area contributed by atoms with E-state index in [1.54, 1.807) is 0 Å². The third kappa shape index (κ3) is 3.51. The van der Waals surface area contributed by atoms with E-state index in [9.17, 15) is 0 Å². The summed E-state index contributed by atoms with van der Waals surface area (Å²) in [4.78, 5) is 6.78. The van der Waals surface area contributed by atoms with E-state index in [4.69, 9.17) is 0 Å². The molecule has 3 rings (SSSR count). The van der Waals surface area contributed by atoms with Crippen molar-refractivity contribution in [3.05, 3.63) is 28.7 Å². The van der Waals surface area contributed by atoms with Gasteiger partial charge in [0.25, 0.3) is 0 Å². The number of hydrogen-bond donors (Lipinski definition) is 2. The lowest BCUT2D eigenvalue weighted by atomic mass is 9.93. The normalized spacial score (nSPS) is 23.0. The molecule has 1 aromatic rings. The molecule has 4 nitrogen and oxygen atoms in total. The first-order valence-electron chi connectivity index (χ1n) is 7.75. The Balaban J connectivity index is 1.55. The first-order valence-corrected chi connectivity index (χ1v) is 8.55. The number of para-hydroxylation sites is 1. The summed E-state index contributed by atoms with van der Waals surface area (Å²) in [6, 6.07) is 9.52. The van der Waals surface area contributed by atoms with Crippen molar-refractivity contribution in [2.24, 2.45) is 4.99 Å². The molecule has 1 aliphatic heterocycles. The van der Waals surface area contributed by atoms with E-state index in [1.807, 2.05) is 7.05 Å². The van der Waals surface area contributed by atoms with Crippen molar-refractivity contribution in [1.82, 2.24) is 10.6 Å². The van der Waals surface area contributed by atoms with E-state index < -0.39 is 0 Å². The van der Waals surface area contributed by atoms with Crippen molar-refractivity contribution < 1.29 is 0 Å². The quantitative estimate of drug-likeness (QED) is 0.650. The predicted octanol–water partition coefficient (Wildman–Crippen LogP) is 2.75. The minimum Gasteiger partial charge on any atom is -0.368 e. The Morgan fingerprint density at radius 3 is 2.62 bits per heavy atom. The molecule has 0 bridgehead atoms. The van der Waals surface area contributed by atoms with Crippen LogP contribution >= 0.6 is 15.9 Å². The SMILES string of the molecule is CN=C(NC1CCC1)NC1CCN(c2ccccc2Br)C1. The van der Waals surface area contributed by atoms with Crippen molar-refractivity contribution in [1.29, 1.82) is 0 Å². The number of nitrogens with one attached hydrogen (secondary N) is 2. The van der Waals surface area contributed by atoms with Crippen molar-refractivity contribution in [2.45, 2.75) is 37.8 Å². The predicted molar refractivity (Wildman–Crippen MR) is 92.0 cm³/mol. The molecule has 1 saturated heterocycles. The Labute approximate surface area is 135 Å². The third-order valence-corrected chi connectivity index (χ3v) is 5.06. The van der Waals surface area contributed by atoms with Crippen molar-refractivity contribution >= 4 is 27.6 Å². The number of benzene rings is 1. The van der Waals surface area contributed by atoms with E-state index in [0.29, 0.717) is 12.1 Å². The van der Waals surface area contributed by atoms with E-state index in [0.717, 1.165) is 25.5 Å². The second-order valence-electron chi connectivity index (χ2n) is 5.87. The van der Waals surface area contributed by atoms with Gasteiger partial charge < -0.3 is 15.5 Å². The number of rotatable bonds is 3. The maximum Gasteiger partial charge on any atom is 0.191 e. The lowest BCUT2D eigenvalue weighted by Gasteiger charge is -2.29. The molecule has 0 aromatic heterocycles. The van der Waals surface area contributed by atoms with Gasteiger partial charge >= 0.3 is 0 Å². The zero-order chi connectivity index (χ0) is 14.7. The lowest BCUT2D eigenvalue weighted by molar-refractivity contribution is 0.378. The molecule has 1 aromatic carbocycles. The molecule has 2 fully saturated rings. The highest BCUT2D eigenvalue weighted by molar-refractivity contribution is 9.10. The smallest absolute Gasteiger partial charge is 0.191 e. The maximum atomic E-state index is 4.36. The van der Waals surface area contributed by atoms with Crippen LogP contribution in [0.1, 0.15) is 25.7 Å². The molecule has 114 valence electrons. The van der Waals surface area contributed by atoms with Gasteiger partial charge in [0.05, 0.1) is 5.69 Å². The highest BCUT2D eigenvalue weighted by Crippen LogP contribution is 2.28. The molecular weight excluding hydrogens is 328 g/mol. The van der Waals surface area contributed by atoms with Crippen LogP contribution in [0, 0.1) is 0 Å². The molecule has 5 heteroatoms. The highest BCUT2D eigenvalue weighted by atomic mass is 79.9. The molecule has 0 amide bonds. The van der Waals surface area contributed by atoms with Crippen LogP contribution in [-0.4, -0.2) is 38.2 Å². The lowest BCUT2D eigenvalue weighted by Crippen LogP contribution is -2.50. The molecule has 0 radical (unpaired) electrons. The molecule has 0 spiro atoms. The Morgan fingerprint density at radius 1 is 1.19 bits per heavy atom. The summed E-state index contributed by atoms with van der Waals surface area (Å²) >= 11 is 3.64. The molecule has 1 atom stereocenters. The van der Waals surface area contributed by atoms with Gasteiger partial charge in [0.15, 0.2) is 5.96 Å². The number of nitrogens with zero attached hydrogens (tertiary/aromatic N) is 2. The molecule has 2 N–H and O–H groups in total. The average molecular weight is 351 g/mol. The zero-order valence-corrected chi connectivity index (χ0v) is 14.1. The number of halogens is 1. The third-order valence-electron chi connectivity index (χ3n) is 4.39. The van der Waals surface area contributed by atoms with Gasteiger partial charge in [-0.3, -0.25) is 4.99 Å². The van der Waals surface area contributed by atoms with Gasteiger partial charge in [-0.15, -0.1) is 0 Å². The Bertz CT molecular complexity index is 513. The Kier molecular flexibility index (Phi) is 4.68. The average Bonchev–Trinajstić information content (AvgIpc) is 2.90. The molecule has 2 aliphatic rings. The van der Waals surface area contributed by atoms with E-state index in [-0.39, 0.29) is 0 Å². The van der Waals surface area contributed by atoms with Crippen LogP contribution < -0.4 is 15.5 Å². The summed E-state index contributed by atoms with van der Waals surface area (Å²) in [6.07, 6.45) is 5.03. The standard InChI is InChI=1S/C16H23BrN4/c1-18-16(19-12-5-4-6-12)20-13-9-10-21(11-13)15-8-3-2-7-14(15)17/h2-3,7-8,12-13H,4-6,9-11H2,1H3,(H2,18,19,20). The minimum atomic E-state index is 0.461. The van der Waals surface area contributed by atoms with Gasteiger partial charge in [-0.1, -0.05) is 12.1 Å². The summed E-state index contributed by atoms with van der Waals surface area (Å²) in [6.45, 7) is 2.11. The topological polar surface area (TPSA) is 39.7 Å². The summed E-state index contributed by atoms with van der Waals surface area (Å²) in [7, 11) is 1.86. The molecule has 21 heavy (non-hydrogen) atoms. The van der Waals surface area contributed by atoms with Crippen LogP contribution in [0.5, 0.6) is 0 Å². The molecule has 1 unspecified atom stereocenters. The second-order valence-corrected chi connectivity index (χ2v) is 6.73. The summed E-state index contributed by atoms with van der Waals surface area (Å²) < 4.78 is 1.17. The number of guanidine groups is 1. The Hall–Kier alpha value is -1.23. The highest BCUT2D eigenvalue weighted by Gasteiger charge is 2.25. The van der Waals surface area contributed by atoms with Crippen LogP contribution in [-0.2, 0) is 0 Å². The van der Waals surface area contributed by atoms with Crippen LogP contribution in [0.3, 0.4) is 0 Å². The van der Waals surface area contributed by atoms with Gasteiger partial charge in [0.1, 0.15) is 0 Å². The Morgan fingerprint density at radius 2 is 1.95 bits per heavy atom. The van der Waals surface area contributed by atoms with E-state index in [2.05, 4.69) is 60.7 Å². The summed E-state index contributed by atoms with van der Waals surface area (Å²) in [5.41, 5.74) is 1.28. The fraction of sp³-hybridized carbons (Fsp3) is 0.562. The van der Waals surface area contributed by atoms with Crippen molar-refractivity contribution in [3.63, 3.8) is 0 Å². The molecule has 1 saturated carbocycles. The van der Waals surface area contributed by atoms with Crippen molar-refractivity contribution in [2.75, 3.05) is 25.0 Å². The summed E-state index contributed by atoms with van der Waals surface area (Å²) in [5, 5.41) is 7.07. The van der Waals surface area contributed by atoms with E-state index >= 15 is 0 Å². The summed E-state index contributed by atoms with van der Waals surface area (Å²) in [5.74, 6) is 0.957. The fourth-order valence-corrected chi connectivity index (χ4v) is 3.45. The second kappa shape index (κ2) is 6.69. The van der Waals surface area contributed by atoms with Gasteiger partial charge in [0.2, 0.25) is 0 Å². The molecular formula is C16H23BrN4. The van der Waals surface area contributed by atoms with Crippen LogP contribution in [0.4, 0.5) is 5.69 Å². The van der Waals surface area contributed by atoms with Crippen LogP contribution in [0.25, 0.3) is 0 Å². The van der Waals surface area contributed by atoms with Gasteiger partial charge in [-0.2, -0.15) is 0 Å². The van der Waals surface area contributed by atoms with Gasteiger partial charge in [-0.05, 0) is 53.7 Å². The largest absolute Gasteiger partial charge is 0.368 e. The number of aliphatic imine (C=N–C) groups is 1. The molecule has 1 heterocycles.